The normalized spacial score (nSPS) is 10.6. The maximum atomic E-state index is 12.3. The van der Waals surface area contributed by atoms with E-state index in [-0.39, 0.29) is 24.0 Å². The number of rotatable bonds is 12. The summed E-state index contributed by atoms with van der Waals surface area (Å²) in [6, 6.07) is 14.4. The fourth-order valence-corrected chi connectivity index (χ4v) is 4.76. The predicted molar refractivity (Wildman–Crippen MR) is 162 cm³/mol. The highest BCUT2D eigenvalue weighted by Crippen LogP contribution is 2.37. The Labute approximate surface area is 257 Å². The fourth-order valence-electron chi connectivity index (χ4n) is 4.04. The molecule has 0 fully saturated rings. The van der Waals surface area contributed by atoms with Gasteiger partial charge in [0.15, 0.2) is 5.78 Å². The summed E-state index contributed by atoms with van der Waals surface area (Å²) in [5.74, 6) is 1.05. The molecule has 2 aromatic heterocycles. The van der Waals surface area contributed by atoms with Crippen molar-refractivity contribution >= 4 is 44.9 Å². The van der Waals surface area contributed by atoms with E-state index in [1.54, 1.807) is 30.6 Å². The molecule has 7 nitrogen and oxygen atoms in total. The first kappa shape index (κ1) is 30.3. The molecule has 0 bridgehead atoms. The first-order chi connectivity index (χ1) is 19.8. The zero-order valence-electron chi connectivity index (χ0n) is 22.4. The molecule has 0 saturated carbocycles. The molecular formula is C31H26BrCl2N3O4. The lowest BCUT2D eigenvalue weighted by Gasteiger charge is -2.17. The number of hydrogen-bond donors (Lipinski definition) is 0. The molecule has 41 heavy (non-hydrogen) atoms. The van der Waals surface area contributed by atoms with E-state index in [0.717, 1.165) is 28.4 Å². The van der Waals surface area contributed by atoms with Crippen molar-refractivity contribution in [1.29, 1.82) is 5.26 Å². The topological polar surface area (TPSA) is 94.3 Å². The minimum atomic E-state index is -0.205. The highest BCUT2D eigenvalue weighted by atomic mass is 79.9. The van der Waals surface area contributed by atoms with Crippen molar-refractivity contribution in [3.8, 4) is 34.6 Å². The number of halogens is 3. The number of benzene rings is 2. The van der Waals surface area contributed by atoms with E-state index < -0.39 is 0 Å². The van der Waals surface area contributed by atoms with Crippen molar-refractivity contribution in [2.24, 2.45) is 0 Å². The predicted octanol–water partition coefficient (Wildman–Crippen LogP) is 8.15. The number of alkyl halides is 1. The van der Waals surface area contributed by atoms with Crippen LogP contribution in [0.25, 0.3) is 11.3 Å². The molecule has 0 spiro atoms. The van der Waals surface area contributed by atoms with E-state index in [1.165, 1.54) is 19.2 Å². The third-order valence-corrected chi connectivity index (χ3v) is 7.43. The Hall–Kier alpha value is -3.64. The van der Waals surface area contributed by atoms with Gasteiger partial charge in [0.1, 0.15) is 41.6 Å². The van der Waals surface area contributed by atoms with E-state index >= 15 is 0 Å². The number of Topliss-reactive ketones (excluding diaryl/α,β-unsaturated/α-hetero) is 1. The van der Waals surface area contributed by atoms with Gasteiger partial charge in [-0.2, -0.15) is 5.26 Å². The van der Waals surface area contributed by atoms with E-state index in [2.05, 4.69) is 32.0 Å². The van der Waals surface area contributed by atoms with Crippen molar-refractivity contribution in [2.45, 2.75) is 33.5 Å². The first-order valence-electron chi connectivity index (χ1n) is 12.7. The van der Waals surface area contributed by atoms with Crippen LogP contribution < -0.4 is 14.2 Å². The standard InChI is InChI=1S/C31H26BrCl2N3O4/c1-19-23(5-3-6-24(19)31-30(34)27(7-9-37-31)39-10-4-8-32)18-41-29-13-28(25(20(2)38)12-26(29)33)40-17-22-11-21(14-35)15-36-16-22/h3,5-7,9,11-13,15-16H,4,8,10,17-18H2,1-2H3. The molecule has 0 aliphatic rings. The number of carbonyl (C=O) groups excluding carboxylic acids is 1. The van der Waals surface area contributed by atoms with Gasteiger partial charge in [0.05, 0.1) is 28.5 Å². The van der Waals surface area contributed by atoms with Crippen LogP contribution in [0.5, 0.6) is 17.2 Å². The van der Waals surface area contributed by atoms with Gasteiger partial charge in [-0.3, -0.25) is 14.8 Å². The molecule has 0 atom stereocenters. The van der Waals surface area contributed by atoms with Crippen molar-refractivity contribution in [2.75, 3.05) is 11.9 Å². The molecular weight excluding hydrogens is 629 g/mol. The van der Waals surface area contributed by atoms with E-state index in [1.807, 2.05) is 25.1 Å². The molecule has 10 heteroatoms. The van der Waals surface area contributed by atoms with Crippen LogP contribution in [0, 0.1) is 18.3 Å². The SMILES string of the molecule is CC(=O)c1cc(Cl)c(OCc2cccc(-c3nccc(OCCCBr)c3Cl)c2C)cc1OCc1cncc(C#N)c1. The summed E-state index contributed by atoms with van der Waals surface area (Å²) in [6.07, 6.45) is 5.60. The Morgan fingerprint density at radius 3 is 2.59 bits per heavy atom. The van der Waals surface area contributed by atoms with Crippen LogP contribution >= 0.6 is 39.1 Å². The Morgan fingerprint density at radius 1 is 1.02 bits per heavy atom. The molecule has 4 rings (SSSR count). The molecule has 0 radical (unpaired) electrons. The molecule has 0 amide bonds. The third kappa shape index (κ3) is 7.56. The van der Waals surface area contributed by atoms with Gasteiger partial charge >= 0.3 is 0 Å². The van der Waals surface area contributed by atoms with Crippen LogP contribution in [0.3, 0.4) is 0 Å². The van der Waals surface area contributed by atoms with Gasteiger partial charge in [-0.05, 0) is 43.5 Å². The summed E-state index contributed by atoms with van der Waals surface area (Å²) in [5.41, 5.74) is 4.75. The van der Waals surface area contributed by atoms with Crippen LogP contribution in [0.4, 0.5) is 0 Å². The molecule has 0 aliphatic heterocycles. The largest absolute Gasteiger partial charge is 0.492 e. The molecule has 2 heterocycles. The monoisotopic (exact) mass is 653 g/mol. The summed E-state index contributed by atoms with van der Waals surface area (Å²) in [7, 11) is 0. The van der Waals surface area contributed by atoms with Crippen molar-refractivity contribution in [3.05, 3.63) is 98.9 Å². The Morgan fingerprint density at radius 2 is 1.83 bits per heavy atom. The minimum Gasteiger partial charge on any atom is -0.492 e. The van der Waals surface area contributed by atoms with Crippen molar-refractivity contribution in [1.82, 2.24) is 9.97 Å². The van der Waals surface area contributed by atoms with Crippen LogP contribution in [-0.4, -0.2) is 27.7 Å². The molecule has 0 N–H and O–H groups in total. The number of nitriles is 1. The number of hydrogen-bond acceptors (Lipinski definition) is 7. The van der Waals surface area contributed by atoms with Crippen LogP contribution in [0.2, 0.25) is 10.0 Å². The average Bonchev–Trinajstić information content (AvgIpc) is 2.97. The molecule has 0 unspecified atom stereocenters. The van der Waals surface area contributed by atoms with Gasteiger partial charge in [0.2, 0.25) is 0 Å². The van der Waals surface area contributed by atoms with Gasteiger partial charge in [0.25, 0.3) is 0 Å². The highest BCUT2D eigenvalue weighted by Gasteiger charge is 2.17. The van der Waals surface area contributed by atoms with Gasteiger partial charge in [-0.1, -0.05) is 57.3 Å². The molecule has 2 aromatic carbocycles. The lowest BCUT2D eigenvalue weighted by Crippen LogP contribution is -2.05. The maximum Gasteiger partial charge on any atom is 0.163 e. The maximum absolute atomic E-state index is 12.3. The second-order valence-electron chi connectivity index (χ2n) is 9.06. The van der Waals surface area contributed by atoms with Crippen LogP contribution in [-0.2, 0) is 13.2 Å². The summed E-state index contributed by atoms with van der Waals surface area (Å²) in [4.78, 5) is 20.9. The van der Waals surface area contributed by atoms with Gasteiger partial charge in [-0.15, -0.1) is 0 Å². The van der Waals surface area contributed by atoms with Gasteiger partial charge in [0, 0.05) is 47.2 Å². The zero-order chi connectivity index (χ0) is 29.4. The minimum absolute atomic E-state index is 0.109. The quantitative estimate of drug-likeness (QED) is 0.0864. The van der Waals surface area contributed by atoms with Crippen LogP contribution in [0.15, 0.2) is 61.1 Å². The molecule has 210 valence electrons. The second-order valence-corrected chi connectivity index (χ2v) is 10.6. The molecule has 4 aromatic rings. The number of pyridine rings is 2. The van der Waals surface area contributed by atoms with E-state index in [9.17, 15) is 4.79 Å². The number of nitrogens with zero attached hydrogens (tertiary/aromatic N) is 3. The van der Waals surface area contributed by atoms with Gasteiger partial charge < -0.3 is 14.2 Å². The Kier molecular flexibility index (Phi) is 10.6. The zero-order valence-corrected chi connectivity index (χ0v) is 25.5. The Balaban J connectivity index is 1.56. The van der Waals surface area contributed by atoms with Crippen LogP contribution in [0.1, 0.15) is 46.0 Å². The Bertz CT molecular complexity index is 1610. The number of aromatic nitrogens is 2. The highest BCUT2D eigenvalue weighted by molar-refractivity contribution is 9.09. The third-order valence-electron chi connectivity index (χ3n) is 6.21. The smallest absolute Gasteiger partial charge is 0.163 e. The summed E-state index contributed by atoms with van der Waals surface area (Å²) >= 11 is 16.6. The number of ketones is 1. The first-order valence-corrected chi connectivity index (χ1v) is 14.6. The van der Waals surface area contributed by atoms with E-state index in [4.69, 9.17) is 42.7 Å². The van der Waals surface area contributed by atoms with Gasteiger partial charge in [-0.25, -0.2) is 0 Å². The fraction of sp³-hybridized carbons (Fsp3) is 0.226. The molecule has 0 aliphatic carbocycles. The lowest BCUT2D eigenvalue weighted by molar-refractivity contribution is 0.101. The average molecular weight is 655 g/mol. The number of ether oxygens (including phenoxy) is 3. The van der Waals surface area contributed by atoms with Crippen molar-refractivity contribution < 1.29 is 19.0 Å². The van der Waals surface area contributed by atoms with Crippen molar-refractivity contribution in [3.63, 3.8) is 0 Å². The van der Waals surface area contributed by atoms with E-state index in [0.29, 0.717) is 51.3 Å². The summed E-state index contributed by atoms with van der Waals surface area (Å²) in [5, 5.41) is 10.7. The lowest BCUT2D eigenvalue weighted by atomic mass is 10.00. The summed E-state index contributed by atoms with van der Waals surface area (Å²) < 4.78 is 17.9. The summed E-state index contributed by atoms with van der Waals surface area (Å²) in [6.45, 7) is 4.26. The second kappa shape index (κ2) is 14.3. The number of carbonyl (C=O) groups is 1. The molecule has 0 saturated heterocycles.